The van der Waals surface area contributed by atoms with E-state index in [1.807, 2.05) is 6.92 Å². The van der Waals surface area contributed by atoms with Crippen LogP contribution in [0.3, 0.4) is 0 Å². The zero-order valence-corrected chi connectivity index (χ0v) is 6.15. The third-order valence-corrected chi connectivity index (χ3v) is 1.27. The largest absolute Gasteiger partial charge is 0.456 e. The zero-order chi connectivity index (χ0) is 7.11. The van der Waals surface area contributed by atoms with Gasteiger partial charge in [0.05, 0.1) is 5.38 Å². The highest BCUT2D eigenvalue weighted by atomic mass is 35.5. The Labute approximate surface area is 60.1 Å². The Kier molecular flexibility index (Phi) is 5.73. The van der Waals surface area contributed by atoms with E-state index in [2.05, 4.69) is 4.74 Å². The summed E-state index contributed by atoms with van der Waals surface area (Å²) in [5.74, 6) is 0. The van der Waals surface area contributed by atoms with Crippen LogP contribution in [0, 0.1) is 0 Å². The molecule has 1 unspecified atom stereocenters. The summed E-state index contributed by atoms with van der Waals surface area (Å²) in [6.45, 7) is 3.63. The third kappa shape index (κ3) is 5.63. The second kappa shape index (κ2) is 5.89. The molecule has 0 saturated carbocycles. The van der Waals surface area contributed by atoms with Crippen LogP contribution in [0.25, 0.3) is 0 Å². The molecule has 2 nitrogen and oxygen atoms in total. The van der Waals surface area contributed by atoms with Crippen molar-refractivity contribution in [2.24, 2.45) is 0 Å². The maximum atomic E-state index is 9.51. The summed E-state index contributed by atoms with van der Waals surface area (Å²) in [4.78, 5) is 9.51. The number of carbonyl (C=O) groups excluding carboxylic acids is 1. The maximum Gasteiger partial charge on any atom is 0.417 e. The normalized spacial score (nSPS) is 12.7. The highest BCUT2D eigenvalue weighted by Crippen LogP contribution is 2.03. The number of rotatable bonds is 5. The first-order chi connectivity index (χ1) is 4.31. The van der Waals surface area contributed by atoms with Crippen LogP contribution in [0.5, 0.6) is 0 Å². The summed E-state index contributed by atoms with van der Waals surface area (Å²) in [5, 5.41) is -0.0450. The molecule has 1 radical (unpaired) electrons. The lowest BCUT2D eigenvalue weighted by molar-refractivity contribution is 0.272. The zero-order valence-electron chi connectivity index (χ0n) is 5.39. The van der Waals surface area contributed by atoms with Gasteiger partial charge in [-0.3, -0.25) is 0 Å². The first kappa shape index (κ1) is 8.76. The van der Waals surface area contributed by atoms with E-state index in [9.17, 15) is 4.79 Å². The van der Waals surface area contributed by atoms with Gasteiger partial charge in [-0.15, -0.1) is 11.6 Å². The Morgan fingerprint density at radius 1 is 1.78 bits per heavy atom. The Balaban J connectivity index is 3.04. The van der Waals surface area contributed by atoms with Gasteiger partial charge in [-0.2, -0.15) is 0 Å². The van der Waals surface area contributed by atoms with Gasteiger partial charge in [-0.1, -0.05) is 13.3 Å². The minimum atomic E-state index is -0.0450. The third-order valence-electron chi connectivity index (χ3n) is 0.925. The van der Waals surface area contributed by atoms with E-state index in [1.165, 1.54) is 6.47 Å². The van der Waals surface area contributed by atoms with Crippen LogP contribution >= 0.6 is 11.6 Å². The van der Waals surface area contributed by atoms with Crippen molar-refractivity contribution in [1.82, 2.24) is 0 Å². The predicted octanol–water partition coefficient (Wildman–Crippen LogP) is 1.48. The van der Waals surface area contributed by atoms with Crippen molar-refractivity contribution in [3.05, 3.63) is 0 Å². The lowest BCUT2D eigenvalue weighted by Crippen LogP contribution is -2.07. The number of ether oxygens (including phenoxy) is 1. The number of hydrogen-bond donors (Lipinski definition) is 0. The lowest BCUT2D eigenvalue weighted by Gasteiger charge is -2.03. The average molecular weight is 150 g/mol. The first-order valence-electron chi connectivity index (χ1n) is 2.94. The van der Waals surface area contributed by atoms with Crippen LogP contribution in [0.1, 0.15) is 19.8 Å². The fraction of sp³-hybridized carbons (Fsp3) is 0.833. The fourth-order valence-corrected chi connectivity index (χ4v) is 0.802. The quantitative estimate of drug-likeness (QED) is 0.554. The first-order valence-corrected chi connectivity index (χ1v) is 3.38. The topological polar surface area (TPSA) is 26.3 Å². The van der Waals surface area contributed by atoms with Gasteiger partial charge in [-0.25, -0.2) is 4.79 Å². The molecular weight excluding hydrogens is 140 g/mol. The predicted molar refractivity (Wildman–Crippen MR) is 36.2 cm³/mol. The van der Waals surface area contributed by atoms with E-state index >= 15 is 0 Å². The van der Waals surface area contributed by atoms with Crippen molar-refractivity contribution in [2.75, 3.05) is 6.61 Å². The van der Waals surface area contributed by atoms with Crippen LogP contribution in [0.15, 0.2) is 0 Å². The van der Waals surface area contributed by atoms with Crippen LogP contribution in [0.4, 0.5) is 0 Å². The molecule has 9 heavy (non-hydrogen) atoms. The molecule has 0 aliphatic carbocycles. The van der Waals surface area contributed by atoms with Crippen molar-refractivity contribution < 1.29 is 9.53 Å². The Morgan fingerprint density at radius 2 is 2.44 bits per heavy atom. The molecule has 0 N–H and O–H groups in total. The smallest absolute Gasteiger partial charge is 0.417 e. The molecule has 0 aliphatic heterocycles. The summed E-state index contributed by atoms with van der Waals surface area (Å²) in [7, 11) is 0. The van der Waals surface area contributed by atoms with Crippen LogP contribution in [-0.4, -0.2) is 18.5 Å². The molecule has 0 amide bonds. The minimum Gasteiger partial charge on any atom is -0.456 e. The van der Waals surface area contributed by atoms with Gasteiger partial charge in [0, 0.05) is 0 Å². The Bertz CT molecular complexity index is 75.5. The molecule has 0 aromatic heterocycles. The summed E-state index contributed by atoms with van der Waals surface area (Å²) in [5.41, 5.74) is 0. The van der Waals surface area contributed by atoms with Gasteiger partial charge in [0.2, 0.25) is 0 Å². The second-order valence-electron chi connectivity index (χ2n) is 1.78. The molecule has 0 heterocycles. The van der Waals surface area contributed by atoms with E-state index in [-0.39, 0.29) is 12.0 Å². The monoisotopic (exact) mass is 149 g/mol. The van der Waals surface area contributed by atoms with Crippen LogP contribution in [-0.2, 0) is 9.53 Å². The number of hydrogen-bond acceptors (Lipinski definition) is 2. The molecule has 3 heteroatoms. The van der Waals surface area contributed by atoms with Crippen molar-refractivity contribution in [1.29, 1.82) is 0 Å². The van der Waals surface area contributed by atoms with Gasteiger partial charge in [-0.05, 0) is 6.42 Å². The Morgan fingerprint density at radius 3 is 2.89 bits per heavy atom. The second-order valence-corrected chi connectivity index (χ2v) is 2.40. The minimum absolute atomic E-state index is 0.0450. The molecule has 0 fully saturated rings. The molecule has 1 atom stereocenters. The van der Waals surface area contributed by atoms with Gasteiger partial charge < -0.3 is 4.74 Å². The maximum absolute atomic E-state index is 9.51. The summed E-state index contributed by atoms with van der Waals surface area (Å²) < 4.78 is 4.31. The number of alkyl halides is 1. The standard InChI is InChI=1S/C6H10ClO2/c1-2-3-6(7)4-9-5-8/h6H,2-4H2,1H3. The average Bonchev–Trinajstić information content (AvgIpc) is 1.85. The van der Waals surface area contributed by atoms with Gasteiger partial charge in [0.25, 0.3) is 0 Å². The van der Waals surface area contributed by atoms with Crippen molar-refractivity contribution in [3.8, 4) is 0 Å². The molecule has 53 valence electrons. The highest BCUT2D eigenvalue weighted by Gasteiger charge is 2.01. The SMILES string of the molecule is CCCC(Cl)CO[C]=O. The highest BCUT2D eigenvalue weighted by molar-refractivity contribution is 6.20. The molecule has 0 bridgehead atoms. The van der Waals surface area contributed by atoms with E-state index < -0.39 is 0 Å². The molecule has 0 rings (SSSR count). The Hall–Kier alpha value is -0.240. The molecule has 0 aromatic carbocycles. The van der Waals surface area contributed by atoms with Crippen molar-refractivity contribution in [3.63, 3.8) is 0 Å². The van der Waals surface area contributed by atoms with E-state index in [4.69, 9.17) is 11.6 Å². The van der Waals surface area contributed by atoms with Gasteiger partial charge in [0.1, 0.15) is 6.61 Å². The van der Waals surface area contributed by atoms with Crippen molar-refractivity contribution in [2.45, 2.75) is 25.1 Å². The fourth-order valence-electron chi connectivity index (χ4n) is 0.521. The van der Waals surface area contributed by atoms with Gasteiger partial charge in [0.15, 0.2) is 0 Å². The molecular formula is C6H10ClO2. The molecule has 0 saturated heterocycles. The summed E-state index contributed by atoms with van der Waals surface area (Å²) in [6, 6.07) is 0. The number of halogens is 1. The summed E-state index contributed by atoms with van der Waals surface area (Å²) in [6.07, 6.45) is 1.89. The van der Waals surface area contributed by atoms with E-state index in [1.54, 1.807) is 0 Å². The van der Waals surface area contributed by atoms with Crippen LogP contribution < -0.4 is 0 Å². The van der Waals surface area contributed by atoms with E-state index in [0.717, 1.165) is 12.8 Å². The molecule has 0 spiro atoms. The van der Waals surface area contributed by atoms with Crippen molar-refractivity contribution >= 4 is 18.1 Å². The van der Waals surface area contributed by atoms with E-state index in [0.29, 0.717) is 0 Å². The van der Waals surface area contributed by atoms with Gasteiger partial charge >= 0.3 is 6.47 Å². The lowest BCUT2D eigenvalue weighted by atomic mass is 10.3. The molecule has 0 aromatic rings. The molecule has 0 aliphatic rings. The van der Waals surface area contributed by atoms with Crippen LogP contribution in [0.2, 0.25) is 0 Å². The summed E-state index contributed by atoms with van der Waals surface area (Å²) >= 11 is 5.66.